The smallest absolute Gasteiger partial charge is 0.0720 e. The van der Waals surface area contributed by atoms with Crippen molar-refractivity contribution in [3.63, 3.8) is 0 Å². The molecule has 1 aliphatic rings. The summed E-state index contributed by atoms with van der Waals surface area (Å²) >= 11 is 6.55. The molecule has 1 atom stereocenters. The van der Waals surface area contributed by atoms with E-state index in [4.69, 9.17) is 11.6 Å². The van der Waals surface area contributed by atoms with Gasteiger partial charge in [0.15, 0.2) is 0 Å². The van der Waals surface area contributed by atoms with Crippen LogP contribution in [0.2, 0.25) is 5.02 Å². The molecule has 0 saturated carbocycles. The molecule has 0 saturated heterocycles. The van der Waals surface area contributed by atoms with Crippen LogP contribution in [0.15, 0.2) is 115 Å². The number of benzene rings is 5. The van der Waals surface area contributed by atoms with Crippen molar-refractivity contribution in [1.82, 2.24) is 0 Å². The standard InChI is InChI=1S/C29H19Cl/c30-23-13-8-12-22(19-23)29(21-10-2-1-3-11-21)27-16-7-6-15-25(27)26-18-17-20-9-4-5-14-24(20)28(26)29/h1-19H. The van der Waals surface area contributed by atoms with Crippen LogP contribution in [-0.4, -0.2) is 0 Å². The van der Waals surface area contributed by atoms with Crippen LogP contribution >= 0.6 is 11.6 Å². The minimum absolute atomic E-state index is 0.418. The van der Waals surface area contributed by atoms with Crippen LogP contribution in [-0.2, 0) is 5.41 Å². The van der Waals surface area contributed by atoms with Crippen molar-refractivity contribution < 1.29 is 0 Å². The van der Waals surface area contributed by atoms with Crippen molar-refractivity contribution in [1.29, 1.82) is 0 Å². The number of hydrogen-bond acceptors (Lipinski definition) is 0. The van der Waals surface area contributed by atoms with Gasteiger partial charge >= 0.3 is 0 Å². The van der Waals surface area contributed by atoms with Crippen LogP contribution in [0, 0.1) is 0 Å². The Labute approximate surface area is 181 Å². The normalized spacial score (nSPS) is 17.0. The molecule has 142 valence electrons. The van der Waals surface area contributed by atoms with E-state index in [1.54, 1.807) is 0 Å². The highest BCUT2D eigenvalue weighted by atomic mass is 35.5. The van der Waals surface area contributed by atoms with Crippen LogP contribution in [0.3, 0.4) is 0 Å². The summed E-state index contributed by atoms with van der Waals surface area (Å²) in [5, 5.41) is 3.30. The maximum Gasteiger partial charge on any atom is 0.0720 e. The van der Waals surface area contributed by atoms with Crippen LogP contribution in [0.25, 0.3) is 21.9 Å². The molecule has 5 aromatic carbocycles. The van der Waals surface area contributed by atoms with E-state index in [1.165, 1.54) is 44.2 Å². The van der Waals surface area contributed by atoms with Crippen LogP contribution in [0.1, 0.15) is 22.3 Å². The van der Waals surface area contributed by atoms with Gasteiger partial charge in [-0.25, -0.2) is 0 Å². The largest absolute Gasteiger partial charge is 0.0843 e. The zero-order valence-corrected chi connectivity index (χ0v) is 17.1. The number of rotatable bonds is 2. The summed E-state index contributed by atoms with van der Waals surface area (Å²) in [6.45, 7) is 0. The van der Waals surface area contributed by atoms with Gasteiger partial charge in [0, 0.05) is 5.02 Å². The fourth-order valence-corrected chi connectivity index (χ4v) is 5.45. The van der Waals surface area contributed by atoms with E-state index >= 15 is 0 Å². The molecular weight excluding hydrogens is 384 g/mol. The Morgan fingerprint density at radius 1 is 0.533 bits per heavy atom. The first kappa shape index (κ1) is 17.5. The van der Waals surface area contributed by atoms with Crippen molar-refractivity contribution >= 4 is 22.4 Å². The summed E-state index contributed by atoms with van der Waals surface area (Å²) in [4.78, 5) is 0. The van der Waals surface area contributed by atoms with E-state index in [-0.39, 0.29) is 0 Å². The van der Waals surface area contributed by atoms with Crippen molar-refractivity contribution in [3.8, 4) is 11.1 Å². The topological polar surface area (TPSA) is 0 Å². The molecule has 5 aromatic rings. The summed E-state index contributed by atoms with van der Waals surface area (Å²) in [7, 11) is 0. The summed E-state index contributed by atoms with van der Waals surface area (Å²) in [6, 6.07) is 41.2. The molecule has 0 aromatic heterocycles. The van der Waals surface area contributed by atoms with Crippen LogP contribution in [0.4, 0.5) is 0 Å². The van der Waals surface area contributed by atoms with E-state index in [2.05, 4.69) is 109 Å². The minimum Gasteiger partial charge on any atom is -0.0843 e. The molecule has 1 unspecified atom stereocenters. The van der Waals surface area contributed by atoms with Crippen molar-refractivity contribution in [2.45, 2.75) is 5.41 Å². The first-order valence-electron chi connectivity index (χ1n) is 10.2. The first-order chi connectivity index (χ1) is 14.8. The third kappa shape index (κ3) is 2.29. The van der Waals surface area contributed by atoms with Gasteiger partial charge in [-0.05, 0) is 56.3 Å². The summed E-state index contributed by atoms with van der Waals surface area (Å²) < 4.78 is 0. The lowest BCUT2D eigenvalue weighted by atomic mass is 9.67. The highest BCUT2D eigenvalue weighted by Crippen LogP contribution is 2.58. The first-order valence-corrected chi connectivity index (χ1v) is 10.6. The SMILES string of the molecule is Clc1cccc(C2(c3ccccc3)c3ccccc3-c3ccc4ccccc4c32)c1. The van der Waals surface area contributed by atoms with Crippen molar-refractivity contribution in [3.05, 3.63) is 143 Å². The monoisotopic (exact) mass is 402 g/mol. The summed E-state index contributed by atoms with van der Waals surface area (Å²) in [5.74, 6) is 0. The Kier molecular flexibility index (Phi) is 3.84. The van der Waals surface area contributed by atoms with E-state index in [0.717, 1.165) is 5.02 Å². The van der Waals surface area contributed by atoms with Gasteiger partial charge < -0.3 is 0 Å². The Balaban J connectivity index is 1.88. The number of halogens is 1. The Hall–Kier alpha value is -3.35. The molecule has 0 aliphatic heterocycles. The predicted octanol–water partition coefficient (Wildman–Crippen LogP) is 7.86. The molecule has 6 rings (SSSR count). The van der Waals surface area contributed by atoms with Gasteiger partial charge in [-0.15, -0.1) is 0 Å². The fraction of sp³-hybridized carbons (Fsp3) is 0.0345. The van der Waals surface area contributed by atoms with Gasteiger partial charge in [0.1, 0.15) is 0 Å². The number of hydrogen-bond donors (Lipinski definition) is 0. The van der Waals surface area contributed by atoms with E-state index in [9.17, 15) is 0 Å². The molecule has 0 amide bonds. The fourth-order valence-electron chi connectivity index (χ4n) is 5.26. The molecule has 0 nitrogen and oxygen atoms in total. The Morgan fingerprint density at radius 3 is 2.13 bits per heavy atom. The van der Waals surface area contributed by atoms with Crippen molar-refractivity contribution in [2.75, 3.05) is 0 Å². The lowest BCUT2D eigenvalue weighted by Gasteiger charge is -2.34. The molecule has 1 heteroatoms. The van der Waals surface area contributed by atoms with Crippen molar-refractivity contribution in [2.24, 2.45) is 0 Å². The summed E-state index contributed by atoms with van der Waals surface area (Å²) in [5.41, 5.74) is 7.28. The second-order valence-electron chi connectivity index (χ2n) is 7.88. The molecule has 0 radical (unpaired) electrons. The highest BCUT2D eigenvalue weighted by Gasteiger charge is 2.46. The molecule has 0 bridgehead atoms. The van der Waals surface area contributed by atoms with Gasteiger partial charge in [0.2, 0.25) is 0 Å². The summed E-state index contributed by atoms with van der Waals surface area (Å²) in [6.07, 6.45) is 0. The molecule has 1 aliphatic carbocycles. The Bertz CT molecular complexity index is 1400. The molecule has 0 heterocycles. The lowest BCUT2D eigenvalue weighted by Crippen LogP contribution is -2.28. The maximum absolute atomic E-state index is 6.55. The van der Waals surface area contributed by atoms with Crippen LogP contribution in [0.5, 0.6) is 0 Å². The van der Waals surface area contributed by atoms with Crippen LogP contribution < -0.4 is 0 Å². The van der Waals surface area contributed by atoms with Gasteiger partial charge in [-0.3, -0.25) is 0 Å². The quantitative estimate of drug-likeness (QED) is 0.276. The third-order valence-electron chi connectivity index (χ3n) is 6.39. The van der Waals surface area contributed by atoms with Gasteiger partial charge in [-0.1, -0.05) is 115 Å². The van der Waals surface area contributed by atoms with Gasteiger partial charge in [0.05, 0.1) is 5.41 Å². The van der Waals surface area contributed by atoms with Gasteiger partial charge in [0.25, 0.3) is 0 Å². The average molecular weight is 403 g/mol. The third-order valence-corrected chi connectivity index (χ3v) is 6.62. The predicted molar refractivity (Wildman–Crippen MR) is 126 cm³/mol. The molecule has 30 heavy (non-hydrogen) atoms. The Morgan fingerprint density at radius 2 is 1.27 bits per heavy atom. The minimum atomic E-state index is -0.418. The second kappa shape index (κ2) is 6.58. The molecule has 0 spiro atoms. The second-order valence-corrected chi connectivity index (χ2v) is 8.32. The zero-order valence-electron chi connectivity index (χ0n) is 16.3. The molecular formula is C29H19Cl. The maximum atomic E-state index is 6.55. The number of fused-ring (bicyclic) bond motifs is 5. The lowest BCUT2D eigenvalue weighted by molar-refractivity contribution is 0.775. The molecule has 0 fully saturated rings. The highest BCUT2D eigenvalue weighted by molar-refractivity contribution is 6.30. The van der Waals surface area contributed by atoms with E-state index < -0.39 is 5.41 Å². The van der Waals surface area contributed by atoms with E-state index in [1.807, 2.05) is 6.07 Å². The zero-order chi connectivity index (χ0) is 20.1. The molecule has 0 N–H and O–H groups in total. The van der Waals surface area contributed by atoms with Gasteiger partial charge in [-0.2, -0.15) is 0 Å². The van der Waals surface area contributed by atoms with E-state index in [0.29, 0.717) is 0 Å². The average Bonchev–Trinajstić information content (AvgIpc) is 3.11.